The molecule has 3 atom stereocenters. The number of nitrogens with one attached hydrogen (secondary N) is 1. The number of allylic oxidation sites excluding steroid dienone is 1. The number of carbonyl (C=O) groups excluding carboxylic acids is 1. The zero-order chi connectivity index (χ0) is 20.0. The molecule has 2 heterocycles. The highest BCUT2D eigenvalue weighted by Gasteiger charge is 2.55. The van der Waals surface area contributed by atoms with E-state index in [0.717, 1.165) is 41.6 Å². The van der Waals surface area contributed by atoms with Gasteiger partial charge in [0.1, 0.15) is 0 Å². The number of aromatic nitrogens is 3. The number of fused-ring (bicyclic) bond motifs is 3. The second-order valence-corrected chi connectivity index (χ2v) is 8.13. The molecule has 29 heavy (non-hydrogen) atoms. The molecule has 146 valence electrons. The van der Waals surface area contributed by atoms with Crippen LogP contribution in [-0.2, 0) is 16.6 Å². The van der Waals surface area contributed by atoms with E-state index in [9.17, 15) is 9.90 Å². The maximum absolute atomic E-state index is 12.9. The molecule has 5 rings (SSSR count). The van der Waals surface area contributed by atoms with Crippen LogP contribution in [0.1, 0.15) is 36.6 Å². The lowest BCUT2D eigenvalue weighted by molar-refractivity contribution is -0.123. The Morgan fingerprint density at radius 3 is 2.76 bits per heavy atom. The van der Waals surface area contributed by atoms with E-state index < -0.39 is 5.41 Å². The maximum atomic E-state index is 12.9. The summed E-state index contributed by atoms with van der Waals surface area (Å²) in [7, 11) is 0. The molecular weight excluding hydrogens is 362 g/mol. The number of ketones is 1. The number of H-pyrrole nitrogens is 1. The molecule has 2 N–H and O–H groups in total. The molecule has 1 aromatic carbocycles. The van der Waals surface area contributed by atoms with Gasteiger partial charge in [0.25, 0.3) is 0 Å². The number of carbonyl (C=O) groups is 1. The maximum Gasteiger partial charge on any atom is 0.165 e. The molecule has 0 radical (unpaired) electrons. The van der Waals surface area contributed by atoms with Crippen LogP contribution in [-0.4, -0.2) is 26.1 Å². The van der Waals surface area contributed by atoms with Gasteiger partial charge in [0.2, 0.25) is 0 Å². The molecule has 2 aromatic heterocycles. The minimum absolute atomic E-state index is 0.0551. The van der Waals surface area contributed by atoms with Crippen molar-refractivity contribution in [3.05, 3.63) is 83.5 Å². The Kier molecular flexibility index (Phi) is 4.12. The van der Waals surface area contributed by atoms with Crippen LogP contribution in [0.2, 0.25) is 0 Å². The smallest absolute Gasteiger partial charge is 0.165 e. The van der Waals surface area contributed by atoms with Crippen molar-refractivity contribution >= 4 is 5.78 Å². The first-order chi connectivity index (χ1) is 14.2. The molecule has 5 heteroatoms. The molecule has 0 amide bonds. The lowest BCUT2D eigenvalue weighted by atomic mass is 9.52. The average Bonchev–Trinajstić information content (AvgIpc) is 3.22. The summed E-state index contributed by atoms with van der Waals surface area (Å²) >= 11 is 0. The minimum Gasteiger partial charge on any atom is -0.515 e. The molecular formula is C24H23N3O2. The van der Waals surface area contributed by atoms with E-state index in [0.29, 0.717) is 12.0 Å². The Balaban J connectivity index is 1.77. The van der Waals surface area contributed by atoms with Crippen LogP contribution in [0.4, 0.5) is 0 Å². The summed E-state index contributed by atoms with van der Waals surface area (Å²) in [5.41, 5.74) is 5.42. The highest BCUT2D eigenvalue weighted by molar-refractivity contribution is 5.98. The third-order valence-corrected chi connectivity index (χ3v) is 6.83. The Morgan fingerprint density at radius 2 is 2.03 bits per heavy atom. The van der Waals surface area contributed by atoms with E-state index in [1.54, 1.807) is 6.20 Å². The number of nitrogens with zero attached hydrogens (tertiary/aromatic N) is 2. The van der Waals surface area contributed by atoms with E-state index in [4.69, 9.17) is 5.10 Å². The first-order valence-electron chi connectivity index (χ1n) is 10.1. The predicted octanol–water partition coefficient (Wildman–Crippen LogP) is 4.37. The van der Waals surface area contributed by atoms with Gasteiger partial charge >= 0.3 is 0 Å². The van der Waals surface area contributed by atoms with Gasteiger partial charge in [0, 0.05) is 40.4 Å². The quantitative estimate of drug-likeness (QED) is 0.507. The van der Waals surface area contributed by atoms with Crippen LogP contribution >= 0.6 is 0 Å². The Bertz CT molecular complexity index is 1090. The number of aliphatic hydroxyl groups excluding tert-OH is 1. The van der Waals surface area contributed by atoms with Gasteiger partial charge in [0.05, 0.1) is 17.6 Å². The second-order valence-electron chi connectivity index (χ2n) is 8.13. The number of aliphatic hydroxyl groups is 1. The fourth-order valence-electron chi connectivity index (χ4n) is 5.52. The first kappa shape index (κ1) is 17.9. The van der Waals surface area contributed by atoms with E-state index in [-0.39, 0.29) is 17.6 Å². The third-order valence-electron chi connectivity index (χ3n) is 6.83. The number of aromatic amines is 1. The molecule has 2 aliphatic carbocycles. The molecule has 1 fully saturated rings. The highest BCUT2D eigenvalue weighted by atomic mass is 16.2. The lowest BCUT2D eigenvalue weighted by Gasteiger charge is -2.50. The molecule has 1 saturated carbocycles. The Hall–Kier alpha value is -3.21. The number of pyridine rings is 1. The van der Waals surface area contributed by atoms with Crippen molar-refractivity contribution in [2.75, 3.05) is 0 Å². The predicted molar refractivity (Wildman–Crippen MR) is 110 cm³/mol. The molecule has 0 saturated heterocycles. The average molecular weight is 385 g/mol. The van der Waals surface area contributed by atoms with Crippen molar-refractivity contribution in [1.82, 2.24) is 15.2 Å². The standard InChI is InChI=1S/C24H23N3O2/c1-15-20-10-9-19-21(16-6-5-11-25-13-16)26-27-23(19)24(20,12-17(14-28)22(15)29)18-7-3-2-4-8-18/h2-8,11,13-15,20,28H,9-10,12H2,1H3,(H,26,27)/t15-,20-,24+/m0/s1. The molecule has 0 unspecified atom stereocenters. The van der Waals surface area contributed by atoms with Gasteiger partial charge in [-0.3, -0.25) is 14.9 Å². The summed E-state index contributed by atoms with van der Waals surface area (Å²) in [4.78, 5) is 17.1. The third kappa shape index (κ3) is 2.50. The van der Waals surface area contributed by atoms with Crippen molar-refractivity contribution < 1.29 is 9.90 Å². The summed E-state index contributed by atoms with van der Waals surface area (Å²) in [5, 5.41) is 17.9. The van der Waals surface area contributed by atoms with E-state index in [2.05, 4.69) is 22.2 Å². The van der Waals surface area contributed by atoms with Gasteiger partial charge in [-0.25, -0.2) is 0 Å². The van der Waals surface area contributed by atoms with Crippen LogP contribution in [0.15, 0.2) is 66.7 Å². The normalized spacial score (nSPS) is 27.5. The van der Waals surface area contributed by atoms with Crippen LogP contribution in [0, 0.1) is 11.8 Å². The number of benzene rings is 1. The van der Waals surface area contributed by atoms with Crippen molar-refractivity contribution in [3.8, 4) is 11.3 Å². The zero-order valence-corrected chi connectivity index (χ0v) is 16.3. The highest BCUT2D eigenvalue weighted by Crippen LogP contribution is 2.56. The minimum atomic E-state index is -0.413. The van der Waals surface area contributed by atoms with Crippen LogP contribution in [0.3, 0.4) is 0 Å². The summed E-state index contributed by atoms with van der Waals surface area (Å²) < 4.78 is 0. The largest absolute Gasteiger partial charge is 0.515 e. The molecule has 0 bridgehead atoms. The number of rotatable bonds is 2. The number of hydrogen-bond acceptors (Lipinski definition) is 4. The van der Waals surface area contributed by atoms with Crippen molar-refractivity contribution in [3.63, 3.8) is 0 Å². The van der Waals surface area contributed by atoms with E-state index >= 15 is 0 Å². The van der Waals surface area contributed by atoms with Gasteiger partial charge in [-0.05, 0) is 42.9 Å². The zero-order valence-electron chi connectivity index (χ0n) is 16.3. The lowest BCUT2D eigenvalue weighted by Crippen LogP contribution is -2.50. The van der Waals surface area contributed by atoms with Gasteiger partial charge in [0.15, 0.2) is 5.78 Å². The van der Waals surface area contributed by atoms with E-state index in [1.165, 1.54) is 5.56 Å². The molecule has 0 aliphatic heterocycles. The fourth-order valence-corrected chi connectivity index (χ4v) is 5.52. The Labute approximate surface area is 169 Å². The summed E-state index contributed by atoms with van der Waals surface area (Å²) in [6.45, 7) is 2.00. The number of Topliss-reactive ketones (excluding diaryl/α,β-unsaturated/α-hetero) is 1. The van der Waals surface area contributed by atoms with Gasteiger partial charge < -0.3 is 5.11 Å². The summed E-state index contributed by atoms with van der Waals surface area (Å²) in [6, 6.07) is 14.3. The van der Waals surface area contributed by atoms with E-state index in [1.807, 2.05) is 43.5 Å². The second kappa shape index (κ2) is 6.69. The fraction of sp³-hybridized carbons (Fsp3) is 0.292. The van der Waals surface area contributed by atoms with Crippen molar-refractivity contribution in [1.29, 1.82) is 0 Å². The monoisotopic (exact) mass is 385 g/mol. The number of hydrogen-bond donors (Lipinski definition) is 2. The first-order valence-corrected chi connectivity index (χ1v) is 10.1. The topological polar surface area (TPSA) is 78.9 Å². The Morgan fingerprint density at radius 1 is 1.21 bits per heavy atom. The molecule has 3 aromatic rings. The molecule has 0 spiro atoms. The van der Waals surface area contributed by atoms with Gasteiger partial charge in [-0.15, -0.1) is 0 Å². The van der Waals surface area contributed by atoms with Crippen LogP contribution < -0.4 is 0 Å². The van der Waals surface area contributed by atoms with Crippen LogP contribution in [0.25, 0.3) is 11.3 Å². The van der Waals surface area contributed by atoms with Crippen LogP contribution in [0.5, 0.6) is 0 Å². The summed E-state index contributed by atoms with van der Waals surface area (Å²) in [5.74, 6) is 0.0379. The van der Waals surface area contributed by atoms with Crippen molar-refractivity contribution in [2.45, 2.75) is 31.6 Å². The molecule has 2 aliphatic rings. The van der Waals surface area contributed by atoms with Crippen molar-refractivity contribution in [2.24, 2.45) is 11.8 Å². The SMILES string of the molecule is C[C@@H]1C(=O)C(=CO)C[C@]2(c3ccccc3)c3[nH]nc(-c4cccnc4)c3CC[C@@H]12. The molecule has 5 nitrogen and oxygen atoms in total. The van der Waals surface area contributed by atoms with Gasteiger partial charge in [-0.1, -0.05) is 37.3 Å². The summed E-state index contributed by atoms with van der Waals surface area (Å²) in [6.07, 6.45) is 6.85. The van der Waals surface area contributed by atoms with Gasteiger partial charge in [-0.2, -0.15) is 5.10 Å².